The zero-order chi connectivity index (χ0) is 17.6. The number of β-amino-alcohol motifs (C(OH)–C–C–N with tert-alkyl or cyclic N) is 1. The first-order valence-corrected chi connectivity index (χ1v) is 9.34. The minimum absolute atomic E-state index is 0.0455. The zero-order valence-electron chi connectivity index (χ0n) is 14.9. The molecule has 1 saturated heterocycles. The van der Waals surface area contributed by atoms with Crippen LogP contribution in [-0.2, 0) is 4.79 Å². The Kier molecular flexibility index (Phi) is 6.05. The average molecular weight is 340 g/mol. The monoisotopic (exact) mass is 340 g/mol. The number of hydrogen-bond donors (Lipinski definition) is 2. The number of nitrogens with zero attached hydrogens (tertiary/aromatic N) is 1. The van der Waals surface area contributed by atoms with Gasteiger partial charge < -0.3 is 10.4 Å². The molecule has 3 rings (SSSR count). The molecular weight excluding hydrogens is 312 g/mol. The van der Waals surface area contributed by atoms with Crippen LogP contribution in [-0.4, -0.2) is 42.1 Å². The van der Waals surface area contributed by atoms with E-state index in [1.165, 1.54) is 5.39 Å². The topological polar surface area (TPSA) is 52.6 Å². The van der Waals surface area contributed by atoms with Crippen molar-refractivity contribution in [2.45, 2.75) is 32.3 Å². The Bertz CT molecular complexity index is 716. The number of aliphatic hydroxyl groups excluding tert-OH is 1. The van der Waals surface area contributed by atoms with Crippen molar-refractivity contribution in [2.24, 2.45) is 5.92 Å². The largest absolute Gasteiger partial charge is 0.387 e. The van der Waals surface area contributed by atoms with Gasteiger partial charge in [0.1, 0.15) is 0 Å². The standard InChI is InChI=1S/C21H28N2O2/c1-2-11-22-21(25)19-8-5-12-23(14-19)15-20(24)18-10-9-16-6-3-4-7-17(16)13-18/h3-4,6-7,9-10,13,19-20,24H,2,5,8,11-12,14-15H2,1H3,(H,22,25). The van der Waals surface area contributed by atoms with Gasteiger partial charge in [-0.25, -0.2) is 0 Å². The lowest BCUT2D eigenvalue weighted by atomic mass is 9.96. The summed E-state index contributed by atoms with van der Waals surface area (Å²) < 4.78 is 0. The van der Waals surface area contributed by atoms with Crippen LogP contribution in [0.5, 0.6) is 0 Å². The van der Waals surface area contributed by atoms with Crippen LogP contribution in [0.15, 0.2) is 42.5 Å². The number of benzene rings is 2. The summed E-state index contributed by atoms with van der Waals surface area (Å²) in [5.41, 5.74) is 0.941. The number of likely N-dealkylation sites (tertiary alicyclic amines) is 1. The lowest BCUT2D eigenvalue weighted by Gasteiger charge is -2.33. The highest BCUT2D eigenvalue weighted by Crippen LogP contribution is 2.23. The molecule has 2 unspecified atom stereocenters. The molecule has 2 aromatic rings. The molecule has 0 bridgehead atoms. The van der Waals surface area contributed by atoms with E-state index in [0.717, 1.165) is 49.8 Å². The fourth-order valence-corrected chi connectivity index (χ4v) is 3.59. The van der Waals surface area contributed by atoms with Crippen LogP contribution >= 0.6 is 0 Å². The van der Waals surface area contributed by atoms with Crippen molar-refractivity contribution in [1.29, 1.82) is 0 Å². The summed E-state index contributed by atoms with van der Waals surface area (Å²) in [5.74, 6) is 0.204. The van der Waals surface area contributed by atoms with Gasteiger partial charge in [0.05, 0.1) is 12.0 Å². The molecule has 1 aliphatic heterocycles. The number of fused-ring (bicyclic) bond motifs is 1. The maximum atomic E-state index is 12.2. The third-order valence-corrected chi connectivity index (χ3v) is 5.01. The van der Waals surface area contributed by atoms with Gasteiger partial charge in [0.25, 0.3) is 0 Å². The molecule has 0 aliphatic carbocycles. The zero-order valence-corrected chi connectivity index (χ0v) is 14.9. The van der Waals surface area contributed by atoms with Crippen molar-refractivity contribution in [3.63, 3.8) is 0 Å². The van der Waals surface area contributed by atoms with Gasteiger partial charge >= 0.3 is 0 Å². The van der Waals surface area contributed by atoms with Crippen LogP contribution in [0.1, 0.15) is 37.9 Å². The molecule has 0 radical (unpaired) electrons. The molecule has 4 nitrogen and oxygen atoms in total. The molecule has 2 atom stereocenters. The first-order valence-electron chi connectivity index (χ1n) is 9.34. The lowest BCUT2D eigenvalue weighted by molar-refractivity contribution is -0.126. The molecule has 0 aromatic heterocycles. The maximum Gasteiger partial charge on any atom is 0.224 e. The van der Waals surface area contributed by atoms with Crippen molar-refractivity contribution < 1.29 is 9.90 Å². The Labute approximate surface area is 149 Å². The summed E-state index contributed by atoms with van der Waals surface area (Å²) in [4.78, 5) is 14.4. The predicted octanol–water partition coefficient (Wildman–Crippen LogP) is 3.11. The third-order valence-electron chi connectivity index (χ3n) is 5.01. The molecule has 1 amide bonds. The van der Waals surface area contributed by atoms with Gasteiger partial charge in [0, 0.05) is 19.6 Å². The van der Waals surface area contributed by atoms with E-state index in [1.54, 1.807) is 0 Å². The number of aliphatic hydroxyl groups is 1. The molecule has 1 fully saturated rings. The van der Waals surface area contributed by atoms with Crippen LogP contribution in [0, 0.1) is 5.92 Å². The van der Waals surface area contributed by atoms with E-state index >= 15 is 0 Å². The Morgan fingerprint density at radius 3 is 2.88 bits per heavy atom. The summed E-state index contributed by atoms with van der Waals surface area (Å²) in [6, 6.07) is 14.3. The van der Waals surface area contributed by atoms with Crippen LogP contribution in [0.4, 0.5) is 0 Å². The van der Waals surface area contributed by atoms with Crippen LogP contribution in [0.3, 0.4) is 0 Å². The van der Waals surface area contributed by atoms with E-state index in [9.17, 15) is 9.90 Å². The highest BCUT2D eigenvalue weighted by atomic mass is 16.3. The molecule has 1 heterocycles. The number of carbonyl (C=O) groups is 1. The van der Waals surface area contributed by atoms with Gasteiger partial charge in [0.2, 0.25) is 5.91 Å². The van der Waals surface area contributed by atoms with E-state index in [0.29, 0.717) is 6.54 Å². The average Bonchev–Trinajstić information content (AvgIpc) is 2.65. The quantitative estimate of drug-likeness (QED) is 0.849. The minimum Gasteiger partial charge on any atom is -0.387 e. The van der Waals surface area contributed by atoms with Gasteiger partial charge in [-0.05, 0) is 48.2 Å². The first-order chi connectivity index (χ1) is 12.2. The van der Waals surface area contributed by atoms with E-state index in [4.69, 9.17) is 0 Å². The fraction of sp³-hybridized carbons (Fsp3) is 0.476. The molecule has 134 valence electrons. The van der Waals surface area contributed by atoms with Crippen molar-refractivity contribution >= 4 is 16.7 Å². The fourth-order valence-electron chi connectivity index (χ4n) is 3.59. The summed E-state index contributed by atoms with van der Waals surface area (Å²) in [6.07, 6.45) is 2.39. The summed E-state index contributed by atoms with van der Waals surface area (Å²) in [6.45, 7) is 5.07. The molecule has 2 N–H and O–H groups in total. The molecule has 0 spiro atoms. The Morgan fingerprint density at radius 2 is 2.08 bits per heavy atom. The Morgan fingerprint density at radius 1 is 1.28 bits per heavy atom. The van der Waals surface area contributed by atoms with Crippen LogP contribution in [0.25, 0.3) is 10.8 Å². The number of hydrogen-bond acceptors (Lipinski definition) is 3. The van der Waals surface area contributed by atoms with E-state index in [1.807, 2.05) is 18.2 Å². The normalized spacial score (nSPS) is 19.7. The summed E-state index contributed by atoms with van der Waals surface area (Å²) in [7, 11) is 0. The molecular formula is C21H28N2O2. The maximum absolute atomic E-state index is 12.2. The van der Waals surface area contributed by atoms with Gasteiger partial charge in [-0.1, -0.05) is 43.3 Å². The van der Waals surface area contributed by atoms with E-state index in [-0.39, 0.29) is 11.8 Å². The molecule has 25 heavy (non-hydrogen) atoms. The number of piperidine rings is 1. The van der Waals surface area contributed by atoms with Crippen LogP contribution in [0.2, 0.25) is 0 Å². The number of nitrogens with one attached hydrogen (secondary N) is 1. The summed E-state index contributed by atoms with van der Waals surface area (Å²) in [5, 5.41) is 16.0. The lowest BCUT2D eigenvalue weighted by Crippen LogP contribution is -2.44. The number of carbonyl (C=O) groups excluding carboxylic acids is 1. The van der Waals surface area contributed by atoms with Gasteiger partial charge in [-0.3, -0.25) is 9.69 Å². The molecule has 0 saturated carbocycles. The number of rotatable bonds is 6. The first kappa shape index (κ1) is 17.9. The van der Waals surface area contributed by atoms with Crippen molar-refractivity contribution in [1.82, 2.24) is 10.2 Å². The Hall–Kier alpha value is -1.91. The molecule has 2 aromatic carbocycles. The second-order valence-corrected chi connectivity index (χ2v) is 7.01. The second kappa shape index (κ2) is 8.45. The number of amides is 1. The highest BCUT2D eigenvalue weighted by Gasteiger charge is 2.26. The SMILES string of the molecule is CCCNC(=O)C1CCCN(CC(O)c2ccc3ccccc3c2)C1. The predicted molar refractivity (Wildman–Crippen MR) is 101 cm³/mol. The van der Waals surface area contributed by atoms with E-state index < -0.39 is 6.10 Å². The smallest absolute Gasteiger partial charge is 0.224 e. The van der Waals surface area contributed by atoms with Crippen molar-refractivity contribution in [2.75, 3.05) is 26.2 Å². The second-order valence-electron chi connectivity index (χ2n) is 7.01. The van der Waals surface area contributed by atoms with E-state index in [2.05, 4.69) is 41.4 Å². The van der Waals surface area contributed by atoms with Gasteiger partial charge in [0.15, 0.2) is 0 Å². The third kappa shape index (κ3) is 4.59. The van der Waals surface area contributed by atoms with Gasteiger partial charge in [-0.15, -0.1) is 0 Å². The molecule has 1 aliphatic rings. The van der Waals surface area contributed by atoms with Crippen LogP contribution < -0.4 is 5.32 Å². The van der Waals surface area contributed by atoms with Gasteiger partial charge in [-0.2, -0.15) is 0 Å². The highest BCUT2D eigenvalue weighted by molar-refractivity contribution is 5.83. The minimum atomic E-state index is -0.526. The molecule has 4 heteroatoms. The van der Waals surface area contributed by atoms with Crippen molar-refractivity contribution in [3.8, 4) is 0 Å². The summed E-state index contributed by atoms with van der Waals surface area (Å²) >= 11 is 0. The van der Waals surface area contributed by atoms with Crippen molar-refractivity contribution in [3.05, 3.63) is 48.0 Å². The Balaban J connectivity index is 1.61.